The summed E-state index contributed by atoms with van der Waals surface area (Å²) < 4.78 is 69.2. The van der Waals surface area contributed by atoms with Crippen LogP contribution in [0.25, 0.3) is 0 Å². The molecule has 1 aliphatic rings. The van der Waals surface area contributed by atoms with E-state index < -0.39 is 38.1 Å². The molecule has 0 spiro atoms. The fraction of sp³-hybridized carbons (Fsp3) is 0.531. The van der Waals surface area contributed by atoms with Crippen LogP contribution < -0.4 is 0 Å². The van der Waals surface area contributed by atoms with Crippen molar-refractivity contribution >= 4 is 7.60 Å². The summed E-state index contributed by atoms with van der Waals surface area (Å²) in [5.74, 6) is 0. The van der Waals surface area contributed by atoms with Crippen molar-refractivity contribution in [1.29, 1.82) is 0 Å². The normalized spacial score (nSPS) is 19.0. The highest BCUT2D eigenvalue weighted by Gasteiger charge is 2.51. The molecule has 0 aliphatic heterocycles. The Kier molecular flexibility index (Phi) is 28.9. The van der Waals surface area contributed by atoms with E-state index in [1.54, 1.807) is 7.11 Å². The van der Waals surface area contributed by atoms with Crippen molar-refractivity contribution in [3.8, 4) is 0 Å². The fourth-order valence-electron chi connectivity index (χ4n) is 9.66. The van der Waals surface area contributed by atoms with E-state index in [1.807, 2.05) is 140 Å². The first-order chi connectivity index (χ1) is 36.5. The Hall–Kier alpha value is -3.99. The Balaban J connectivity index is 1.13. The minimum absolute atomic E-state index is 0.0948. The number of unbranched alkanes of at least 4 members (excludes halogenated alkanes) is 15. The van der Waals surface area contributed by atoms with Crippen LogP contribution in [0.3, 0.4) is 0 Å². The van der Waals surface area contributed by atoms with Crippen molar-refractivity contribution in [3.63, 3.8) is 0 Å². The van der Waals surface area contributed by atoms with Gasteiger partial charge >= 0.3 is 7.60 Å². The maximum atomic E-state index is 15.7. The Bertz CT molecular complexity index is 2170. The monoisotopic (exact) mass is 1030 g/mol. The molecule has 7 atom stereocenters. The lowest BCUT2D eigenvalue weighted by molar-refractivity contribution is -0.233. The average molecular weight is 1030 g/mol. The molecule has 5 aromatic rings. The maximum absolute atomic E-state index is 15.7. The second-order valence-electron chi connectivity index (χ2n) is 20.1. The van der Waals surface area contributed by atoms with Gasteiger partial charge in [-0.05, 0) is 40.7 Å². The Morgan fingerprint density at radius 3 is 1.23 bits per heavy atom. The zero-order chi connectivity index (χ0) is 51.6. The molecule has 5 aromatic carbocycles. The summed E-state index contributed by atoms with van der Waals surface area (Å²) in [4.78, 5) is 0. The Morgan fingerprint density at radius 2 is 0.811 bits per heavy atom. The minimum Gasteiger partial charge on any atom is -0.379 e. The van der Waals surface area contributed by atoms with Gasteiger partial charge in [0.05, 0.1) is 64.1 Å². The number of benzene rings is 5. The van der Waals surface area contributed by atoms with E-state index in [1.165, 1.54) is 89.9 Å². The third-order valence-corrected chi connectivity index (χ3v) is 16.0. The van der Waals surface area contributed by atoms with Crippen LogP contribution >= 0.6 is 7.60 Å². The number of ether oxygens (including phenoxy) is 6. The number of hydrogen-bond acceptors (Lipinski definition) is 9. The van der Waals surface area contributed by atoms with Gasteiger partial charge in [-0.2, -0.15) is 0 Å². The highest BCUT2D eigenvalue weighted by Crippen LogP contribution is 2.53. The highest BCUT2D eigenvalue weighted by molar-refractivity contribution is 7.53. The lowest BCUT2D eigenvalue weighted by Crippen LogP contribution is -2.59. The van der Waals surface area contributed by atoms with Crippen LogP contribution in [0.5, 0.6) is 0 Å². The maximum Gasteiger partial charge on any atom is 0.331 e. The second kappa shape index (κ2) is 36.1. The average Bonchev–Trinajstić information content (AvgIpc) is 3.45. The fourth-order valence-corrected chi connectivity index (χ4v) is 11.5. The smallest absolute Gasteiger partial charge is 0.331 e. The van der Waals surface area contributed by atoms with Gasteiger partial charge in [-0.1, -0.05) is 255 Å². The molecule has 0 amide bonds. The molecular formula is C64H89O9P. The van der Waals surface area contributed by atoms with Crippen LogP contribution in [0.4, 0.5) is 0 Å². The van der Waals surface area contributed by atoms with Gasteiger partial charge in [-0.3, -0.25) is 9.09 Å². The van der Waals surface area contributed by atoms with Crippen molar-refractivity contribution in [2.45, 2.75) is 192 Å². The molecule has 6 rings (SSSR count). The third kappa shape index (κ3) is 23.1. The standard InChI is InChI=1S/C64H89O9P/c1-3-4-5-6-7-8-9-10-11-12-13-14-15-16-17-33-45-67-53-59(66-2)44-46-74(65,72-52-58-42-31-22-32-43-58)73-63-61(69-49-55-36-25-19-26-37-55)47-60(68-48-54-34-23-18-24-35-54)62(70-50-56-38-27-20-28-39-56)64(63)71-51-57-40-29-21-30-41-57/h18-32,34-43,59-64H,3-17,33,44-53H2,1-2H3/t59-,60+,61+,62-,63+,64+,74?/m0/s1. The molecule has 0 heterocycles. The topological polar surface area (TPSA) is 90.9 Å². The van der Waals surface area contributed by atoms with Crippen LogP contribution in [0.15, 0.2) is 152 Å². The first kappa shape index (κ1) is 59.3. The van der Waals surface area contributed by atoms with Crippen molar-refractivity contribution in [2.75, 3.05) is 26.5 Å². The zero-order valence-electron chi connectivity index (χ0n) is 44.9. The van der Waals surface area contributed by atoms with Crippen molar-refractivity contribution in [2.24, 2.45) is 0 Å². The quantitative estimate of drug-likeness (QED) is 0.0281. The van der Waals surface area contributed by atoms with Crippen LogP contribution in [-0.2, 0) is 75.1 Å². The van der Waals surface area contributed by atoms with E-state index in [4.69, 9.17) is 37.5 Å². The van der Waals surface area contributed by atoms with Gasteiger partial charge < -0.3 is 32.9 Å². The molecule has 0 aromatic heterocycles. The summed E-state index contributed by atoms with van der Waals surface area (Å²) in [6.07, 6.45) is 18.4. The highest BCUT2D eigenvalue weighted by atomic mass is 31.2. The van der Waals surface area contributed by atoms with Crippen LogP contribution in [0.1, 0.15) is 150 Å². The molecule has 0 N–H and O–H groups in total. The van der Waals surface area contributed by atoms with Crippen molar-refractivity contribution in [1.82, 2.24) is 0 Å². The van der Waals surface area contributed by atoms with E-state index in [0.717, 1.165) is 40.7 Å². The molecule has 1 saturated carbocycles. The molecule has 0 saturated heterocycles. The molecule has 1 aliphatic carbocycles. The number of methoxy groups -OCH3 is 1. The zero-order valence-corrected chi connectivity index (χ0v) is 45.8. The van der Waals surface area contributed by atoms with Gasteiger partial charge in [-0.25, -0.2) is 0 Å². The van der Waals surface area contributed by atoms with Crippen LogP contribution in [-0.4, -0.2) is 63.1 Å². The summed E-state index contributed by atoms with van der Waals surface area (Å²) >= 11 is 0. The van der Waals surface area contributed by atoms with Gasteiger partial charge in [-0.15, -0.1) is 0 Å². The second-order valence-corrected chi connectivity index (χ2v) is 22.3. The molecule has 0 radical (unpaired) electrons. The van der Waals surface area contributed by atoms with Crippen molar-refractivity contribution < 1.29 is 42.0 Å². The SMILES string of the molecule is CCCCCCCCCCCCCCCCCCOC[C@H](CCP(=O)(OCc1ccccc1)O[C@H]1[C@H](OCc2ccccc2)[C@@H](OCc2ccccc2)[C@H](OCc2ccccc2)C[C@H]1OCc1ccccc1)OC. The van der Waals surface area contributed by atoms with Gasteiger partial charge in [0.2, 0.25) is 0 Å². The van der Waals surface area contributed by atoms with Crippen LogP contribution in [0.2, 0.25) is 0 Å². The summed E-state index contributed by atoms with van der Waals surface area (Å²) in [6.45, 7) is 4.66. The van der Waals surface area contributed by atoms with Gasteiger partial charge in [0, 0.05) is 20.1 Å². The van der Waals surface area contributed by atoms with Crippen molar-refractivity contribution in [3.05, 3.63) is 179 Å². The molecule has 1 fully saturated rings. The molecule has 404 valence electrons. The summed E-state index contributed by atoms with van der Waals surface area (Å²) in [7, 11) is -2.26. The summed E-state index contributed by atoms with van der Waals surface area (Å²) in [5, 5.41) is 0. The molecular weight excluding hydrogens is 944 g/mol. The van der Waals surface area contributed by atoms with Gasteiger partial charge in [0.15, 0.2) is 0 Å². The first-order valence-electron chi connectivity index (χ1n) is 28.2. The Morgan fingerprint density at radius 1 is 0.446 bits per heavy atom. The molecule has 9 nitrogen and oxygen atoms in total. The number of hydrogen-bond donors (Lipinski definition) is 0. The molecule has 10 heteroatoms. The largest absolute Gasteiger partial charge is 0.379 e. The Labute approximate surface area is 445 Å². The molecule has 1 unspecified atom stereocenters. The summed E-state index contributed by atoms with van der Waals surface area (Å²) in [6, 6.07) is 50.2. The van der Waals surface area contributed by atoms with E-state index in [9.17, 15) is 0 Å². The summed E-state index contributed by atoms with van der Waals surface area (Å²) in [5.41, 5.74) is 4.92. The predicted molar refractivity (Wildman–Crippen MR) is 299 cm³/mol. The van der Waals surface area contributed by atoms with E-state index in [0.29, 0.717) is 45.9 Å². The van der Waals surface area contributed by atoms with E-state index in [2.05, 4.69) is 19.1 Å². The molecule has 74 heavy (non-hydrogen) atoms. The van der Waals surface area contributed by atoms with Gasteiger partial charge in [0.1, 0.15) is 18.3 Å². The van der Waals surface area contributed by atoms with Crippen LogP contribution in [0, 0.1) is 0 Å². The van der Waals surface area contributed by atoms with Gasteiger partial charge in [0.25, 0.3) is 0 Å². The lowest BCUT2D eigenvalue weighted by Gasteiger charge is -2.46. The lowest BCUT2D eigenvalue weighted by atomic mass is 9.86. The third-order valence-electron chi connectivity index (χ3n) is 14.1. The first-order valence-corrected chi connectivity index (χ1v) is 29.9. The molecule has 0 bridgehead atoms. The predicted octanol–water partition coefficient (Wildman–Crippen LogP) is 16.2. The minimum atomic E-state index is -3.94. The van der Waals surface area contributed by atoms with E-state index in [-0.39, 0.29) is 25.5 Å². The number of rotatable bonds is 40. The van der Waals surface area contributed by atoms with E-state index >= 15 is 4.57 Å².